The highest BCUT2D eigenvalue weighted by Gasteiger charge is 2.19. The molecule has 0 saturated carbocycles. The molecule has 0 aromatic rings. The van der Waals surface area contributed by atoms with E-state index in [1.54, 1.807) is 0 Å². The van der Waals surface area contributed by atoms with Gasteiger partial charge in [0.15, 0.2) is 6.10 Å². The lowest BCUT2D eigenvalue weighted by molar-refractivity contribution is -0.167. The third kappa shape index (κ3) is 65.5. The molecule has 6 nitrogen and oxygen atoms in total. The van der Waals surface area contributed by atoms with Gasteiger partial charge in [0, 0.05) is 19.3 Å². The second-order valence-electron chi connectivity index (χ2n) is 23.1. The summed E-state index contributed by atoms with van der Waals surface area (Å²) in [6, 6.07) is 0. The van der Waals surface area contributed by atoms with Crippen molar-refractivity contribution >= 4 is 17.9 Å². The Hall–Kier alpha value is -3.15. The van der Waals surface area contributed by atoms with E-state index in [0.717, 1.165) is 96.3 Å². The van der Waals surface area contributed by atoms with Crippen molar-refractivity contribution in [1.29, 1.82) is 0 Å². The van der Waals surface area contributed by atoms with Crippen LogP contribution in [0, 0.1) is 0 Å². The largest absolute Gasteiger partial charge is 0.462 e. The summed E-state index contributed by atoms with van der Waals surface area (Å²) in [5.74, 6) is -0.895. The minimum atomic E-state index is -0.790. The van der Waals surface area contributed by atoms with Crippen molar-refractivity contribution in [1.82, 2.24) is 0 Å². The maximum absolute atomic E-state index is 13.0. The van der Waals surface area contributed by atoms with Gasteiger partial charge in [-0.25, -0.2) is 0 Å². The van der Waals surface area contributed by atoms with E-state index >= 15 is 0 Å². The molecule has 458 valence electrons. The van der Waals surface area contributed by atoms with Crippen LogP contribution in [0.5, 0.6) is 0 Å². The van der Waals surface area contributed by atoms with E-state index in [0.29, 0.717) is 19.3 Å². The average Bonchev–Trinajstić information content (AvgIpc) is 3.45. The van der Waals surface area contributed by atoms with Crippen LogP contribution < -0.4 is 0 Å². The van der Waals surface area contributed by atoms with Gasteiger partial charge in [0.2, 0.25) is 0 Å². The normalized spacial score (nSPS) is 12.5. The SMILES string of the molecule is CC/C=C\C/C=C\C/C=C\C/C=C\C/C=C\CCCCCC(=O)OC[C@H](COC(=O)CCCCCCCCCCCCC/C=C\CCCCCCCC)OC(=O)CCCCCCCCCCCCCCCCCCCCCCC. The summed E-state index contributed by atoms with van der Waals surface area (Å²) in [6.07, 6.45) is 87.8. The Morgan fingerprint density at radius 2 is 0.494 bits per heavy atom. The molecule has 0 saturated heterocycles. The maximum atomic E-state index is 13.0. The van der Waals surface area contributed by atoms with E-state index in [-0.39, 0.29) is 31.1 Å². The molecule has 0 rings (SSSR count). The summed E-state index contributed by atoms with van der Waals surface area (Å²) in [4.78, 5) is 38.4. The van der Waals surface area contributed by atoms with E-state index < -0.39 is 6.10 Å². The van der Waals surface area contributed by atoms with Crippen molar-refractivity contribution < 1.29 is 28.6 Å². The van der Waals surface area contributed by atoms with Crippen LogP contribution in [0.4, 0.5) is 0 Å². The first-order valence-electron chi connectivity index (χ1n) is 34.4. The van der Waals surface area contributed by atoms with Gasteiger partial charge in [-0.1, -0.05) is 318 Å². The smallest absolute Gasteiger partial charge is 0.306 e. The van der Waals surface area contributed by atoms with Crippen LogP contribution in [0.3, 0.4) is 0 Å². The lowest BCUT2D eigenvalue weighted by Gasteiger charge is -2.18. The summed E-state index contributed by atoms with van der Waals surface area (Å²) >= 11 is 0. The van der Waals surface area contributed by atoms with E-state index in [9.17, 15) is 14.4 Å². The molecule has 0 aromatic heterocycles. The fourth-order valence-corrected chi connectivity index (χ4v) is 10.1. The molecule has 0 spiro atoms. The minimum Gasteiger partial charge on any atom is -0.462 e. The number of hydrogen-bond donors (Lipinski definition) is 0. The first kappa shape index (κ1) is 75.8. The van der Waals surface area contributed by atoms with Gasteiger partial charge >= 0.3 is 17.9 Å². The Bertz CT molecular complexity index is 1450. The third-order valence-corrected chi connectivity index (χ3v) is 15.2. The number of hydrogen-bond acceptors (Lipinski definition) is 6. The van der Waals surface area contributed by atoms with Gasteiger partial charge in [-0.05, 0) is 89.9 Å². The second kappa shape index (κ2) is 67.4. The lowest BCUT2D eigenvalue weighted by atomic mass is 10.0. The van der Waals surface area contributed by atoms with E-state index in [1.165, 1.54) is 218 Å². The Labute approximate surface area is 491 Å². The molecule has 0 heterocycles. The Balaban J connectivity index is 4.39. The molecule has 79 heavy (non-hydrogen) atoms. The first-order chi connectivity index (χ1) is 39.0. The zero-order valence-electron chi connectivity index (χ0n) is 52.6. The van der Waals surface area contributed by atoms with E-state index in [1.807, 2.05) is 0 Å². The average molecular weight is 1100 g/mol. The van der Waals surface area contributed by atoms with Gasteiger partial charge in [0.1, 0.15) is 13.2 Å². The standard InChI is InChI=1S/C73H130O6/c1-4-7-10-13-16-19-22-25-28-31-34-36-39-42-45-48-51-54-57-60-63-66-72(75)78-69-70(68-77-71(74)65-62-59-56-53-50-47-44-41-38-33-30-27-24-21-18-15-12-9-6-3)79-73(76)67-64-61-58-55-52-49-46-43-40-37-35-32-29-26-23-20-17-14-11-8-5-2/h9,12,18,21,25,27-28,30,38,41,47,50,70H,4-8,10-11,13-17,19-20,22-24,26,29,31-37,39-40,42-46,48-49,51-69H2,1-3H3/b12-9-,21-18-,28-25-,30-27-,41-38-,50-47-/t70-/m1/s1. The van der Waals surface area contributed by atoms with Crippen molar-refractivity contribution in [3.8, 4) is 0 Å². The molecular formula is C73H130O6. The lowest BCUT2D eigenvalue weighted by Crippen LogP contribution is -2.30. The van der Waals surface area contributed by atoms with Crippen LogP contribution >= 0.6 is 0 Å². The highest BCUT2D eigenvalue weighted by Crippen LogP contribution is 2.18. The van der Waals surface area contributed by atoms with Crippen molar-refractivity contribution in [3.63, 3.8) is 0 Å². The van der Waals surface area contributed by atoms with Crippen LogP contribution in [0.2, 0.25) is 0 Å². The Kier molecular flexibility index (Phi) is 64.7. The van der Waals surface area contributed by atoms with Crippen LogP contribution in [0.1, 0.15) is 355 Å². The molecule has 6 heteroatoms. The van der Waals surface area contributed by atoms with Gasteiger partial charge < -0.3 is 14.2 Å². The number of carbonyl (C=O) groups is 3. The van der Waals surface area contributed by atoms with Gasteiger partial charge in [0.25, 0.3) is 0 Å². The van der Waals surface area contributed by atoms with Crippen LogP contribution in [-0.4, -0.2) is 37.2 Å². The quantitative estimate of drug-likeness (QED) is 0.0261. The highest BCUT2D eigenvalue weighted by atomic mass is 16.6. The summed E-state index contributed by atoms with van der Waals surface area (Å²) in [6.45, 7) is 6.55. The molecule has 1 atom stereocenters. The molecule has 0 aliphatic heterocycles. The Morgan fingerprint density at radius 1 is 0.266 bits per heavy atom. The molecular weight excluding hydrogens is 973 g/mol. The second-order valence-corrected chi connectivity index (χ2v) is 23.1. The fraction of sp³-hybridized carbons (Fsp3) is 0.795. The summed E-state index contributed by atoms with van der Waals surface area (Å²) in [5, 5.41) is 0. The molecule has 0 aromatic carbocycles. The van der Waals surface area contributed by atoms with E-state index in [4.69, 9.17) is 14.2 Å². The number of ether oxygens (including phenoxy) is 3. The minimum absolute atomic E-state index is 0.0830. The molecule has 0 N–H and O–H groups in total. The number of allylic oxidation sites excluding steroid dienone is 12. The third-order valence-electron chi connectivity index (χ3n) is 15.2. The summed E-state index contributed by atoms with van der Waals surface area (Å²) < 4.78 is 17.0. The zero-order valence-corrected chi connectivity index (χ0v) is 52.6. The predicted molar refractivity (Wildman–Crippen MR) is 344 cm³/mol. The van der Waals surface area contributed by atoms with Gasteiger partial charge in [-0.3, -0.25) is 14.4 Å². The van der Waals surface area contributed by atoms with Crippen molar-refractivity contribution in [3.05, 3.63) is 72.9 Å². The molecule has 0 radical (unpaired) electrons. The van der Waals surface area contributed by atoms with Crippen molar-refractivity contribution in [2.24, 2.45) is 0 Å². The number of esters is 3. The fourth-order valence-electron chi connectivity index (χ4n) is 10.1. The summed E-state index contributed by atoms with van der Waals surface area (Å²) in [7, 11) is 0. The van der Waals surface area contributed by atoms with Crippen molar-refractivity contribution in [2.75, 3.05) is 13.2 Å². The predicted octanol–water partition coefficient (Wildman–Crippen LogP) is 23.7. The molecule has 0 fully saturated rings. The maximum Gasteiger partial charge on any atom is 0.306 e. The number of carbonyl (C=O) groups excluding carboxylic acids is 3. The molecule has 0 amide bonds. The van der Waals surface area contributed by atoms with E-state index in [2.05, 4.69) is 93.7 Å². The number of rotatable bonds is 63. The molecule has 0 bridgehead atoms. The van der Waals surface area contributed by atoms with Gasteiger partial charge in [0.05, 0.1) is 0 Å². The zero-order chi connectivity index (χ0) is 57.1. The summed E-state index contributed by atoms with van der Waals surface area (Å²) in [5.41, 5.74) is 0. The monoisotopic (exact) mass is 1100 g/mol. The van der Waals surface area contributed by atoms with Crippen LogP contribution in [0.15, 0.2) is 72.9 Å². The van der Waals surface area contributed by atoms with Crippen LogP contribution in [-0.2, 0) is 28.6 Å². The topological polar surface area (TPSA) is 78.9 Å². The number of unbranched alkanes of at least 4 members (excludes halogenated alkanes) is 40. The van der Waals surface area contributed by atoms with Gasteiger partial charge in [-0.2, -0.15) is 0 Å². The molecule has 0 aliphatic carbocycles. The highest BCUT2D eigenvalue weighted by molar-refractivity contribution is 5.71. The van der Waals surface area contributed by atoms with Gasteiger partial charge in [-0.15, -0.1) is 0 Å². The molecule has 0 aliphatic rings. The molecule has 0 unspecified atom stereocenters. The van der Waals surface area contributed by atoms with Crippen molar-refractivity contribution in [2.45, 2.75) is 361 Å². The first-order valence-corrected chi connectivity index (χ1v) is 34.4. The van der Waals surface area contributed by atoms with Crippen LogP contribution in [0.25, 0.3) is 0 Å². The Morgan fingerprint density at radius 3 is 0.797 bits per heavy atom.